The zero-order valence-corrected chi connectivity index (χ0v) is 15.7. The fraction of sp³-hybridized carbons (Fsp3) is 0.450. The second-order valence-corrected chi connectivity index (χ2v) is 5.52. The highest BCUT2D eigenvalue weighted by molar-refractivity contribution is 5.95. The topological polar surface area (TPSA) is 69.8 Å². The van der Waals surface area contributed by atoms with E-state index in [0.29, 0.717) is 50.8 Å². The summed E-state index contributed by atoms with van der Waals surface area (Å²) in [5, 5.41) is 0.887. The Morgan fingerprint density at radius 1 is 1.08 bits per heavy atom. The van der Waals surface area contributed by atoms with Crippen molar-refractivity contribution in [2.75, 3.05) is 26.4 Å². The van der Waals surface area contributed by atoms with Gasteiger partial charge in [-0.05, 0) is 45.7 Å². The average molecular weight is 361 g/mol. The number of ether oxygens (including phenoxy) is 4. The first-order valence-corrected chi connectivity index (χ1v) is 9.01. The number of esters is 1. The quantitative estimate of drug-likeness (QED) is 0.372. The van der Waals surface area contributed by atoms with Crippen LogP contribution in [-0.2, 0) is 16.0 Å². The molecule has 1 aromatic heterocycles. The van der Waals surface area contributed by atoms with Crippen LogP contribution in [0.3, 0.4) is 0 Å². The number of hydrogen-bond donors (Lipinski definition) is 1. The van der Waals surface area contributed by atoms with Gasteiger partial charge in [0.15, 0.2) is 17.2 Å². The molecule has 0 spiro atoms. The van der Waals surface area contributed by atoms with E-state index in [4.69, 9.17) is 18.9 Å². The molecule has 26 heavy (non-hydrogen) atoms. The fourth-order valence-corrected chi connectivity index (χ4v) is 2.78. The molecule has 0 saturated heterocycles. The number of hydrogen-bond acceptors (Lipinski definition) is 5. The van der Waals surface area contributed by atoms with E-state index in [2.05, 4.69) is 11.6 Å². The lowest BCUT2D eigenvalue weighted by atomic mass is 10.1. The monoisotopic (exact) mass is 361 g/mol. The Balaban J connectivity index is 2.35. The first-order valence-electron chi connectivity index (χ1n) is 9.01. The lowest BCUT2D eigenvalue weighted by Gasteiger charge is -2.13. The zero-order valence-electron chi connectivity index (χ0n) is 15.7. The van der Waals surface area contributed by atoms with Crippen LogP contribution in [-0.4, -0.2) is 37.4 Å². The van der Waals surface area contributed by atoms with Crippen molar-refractivity contribution in [3.05, 3.63) is 30.5 Å². The summed E-state index contributed by atoms with van der Waals surface area (Å²) >= 11 is 0. The molecule has 142 valence electrons. The van der Waals surface area contributed by atoms with Gasteiger partial charge in [0.1, 0.15) is 0 Å². The smallest absolute Gasteiger partial charge is 0.330 e. The summed E-state index contributed by atoms with van der Waals surface area (Å²) in [4.78, 5) is 14.5. The Bertz CT molecular complexity index is 750. The number of fused-ring (bicyclic) bond motifs is 1. The first-order chi connectivity index (χ1) is 12.7. The molecule has 0 amide bonds. The minimum absolute atomic E-state index is 0.328. The average Bonchev–Trinajstić information content (AvgIpc) is 2.99. The molecule has 6 nitrogen and oxygen atoms in total. The summed E-state index contributed by atoms with van der Waals surface area (Å²) < 4.78 is 22.5. The minimum atomic E-state index is -0.410. The van der Waals surface area contributed by atoms with Gasteiger partial charge >= 0.3 is 5.97 Å². The highest BCUT2D eigenvalue weighted by atomic mass is 16.5. The van der Waals surface area contributed by atoms with Crippen molar-refractivity contribution in [3.8, 4) is 17.2 Å². The van der Waals surface area contributed by atoms with Crippen LogP contribution in [0.5, 0.6) is 17.2 Å². The van der Waals surface area contributed by atoms with E-state index >= 15 is 0 Å². The molecule has 0 radical (unpaired) electrons. The lowest BCUT2D eigenvalue weighted by molar-refractivity contribution is -0.137. The zero-order chi connectivity index (χ0) is 18.9. The van der Waals surface area contributed by atoms with Gasteiger partial charge in [-0.1, -0.05) is 6.58 Å². The number of rotatable bonds is 11. The van der Waals surface area contributed by atoms with E-state index in [-0.39, 0.29) is 0 Å². The lowest BCUT2D eigenvalue weighted by Crippen LogP contribution is -2.04. The molecule has 0 aliphatic heterocycles. The van der Waals surface area contributed by atoms with E-state index in [1.165, 1.54) is 0 Å². The van der Waals surface area contributed by atoms with E-state index < -0.39 is 5.97 Å². The van der Waals surface area contributed by atoms with Crippen molar-refractivity contribution >= 4 is 16.9 Å². The number of nitrogens with one attached hydrogen (secondary N) is 1. The van der Waals surface area contributed by atoms with Gasteiger partial charge in [-0.25, -0.2) is 4.79 Å². The van der Waals surface area contributed by atoms with Gasteiger partial charge in [-0.3, -0.25) is 0 Å². The molecular weight excluding hydrogens is 334 g/mol. The highest BCUT2D eigenvalue weighted by Crippen LogP contribution is 2.43. The Morgan fingerprint density at radius 3 is 2.42 bits per heavy atom. The van der Waals surface area contributed by atoms with Crippen molar-refractivity contribution < 1.29 is 23.7 Å². The van der Waals surface area contributed by atoms with Gasteiger partial charge in [0.25, 0.3) is 0 Å². The first kappa shape index (κ1) is 19.7. The minimum Gasteiger partial charge on any atom is -0.491 e. The van der Waals surface area contributed by atoms with Gasteiger partial charge in [0.05, 0.1) is 43.0 Å². The Labute approximate surface area is 154 Å². The van der Waals surface area contributed by atoms with Crippen LogP contribution in [0.25, 0.3) is 10.9 Å². The molecule has 1 heterocycles. The third-order valence-corrected chi connectivity index (χ3v) is 3.77. The number of aryl methyl sites for hydroxylation is 1. The predicted molar refractivity (Wildman–Crippen MR) is 101 cm³/mol. The number of aromatic amines is 1. The maximum absolute atomic E-state index is 11.1. The van der Waals surface area contributed by atoms with E-state index in [9.17, 15) is 4.79 Å². The number of carbonyl (C=O) groups excluding carboxylic acids is 1. The molecule has 0 atom stereocenters. The summed E-state index contributed by atoms with van der Waals surface area (Å²) in [5.41, 5.74) is 1.88. The van der Waals surface area contributed by atoms with Crippen LogP contribution in [0.15, 0.2) is 24.8 Å². The molecule has 0 aliphatic rings. The fourth-order valence-electron chi connectivity index (χ4n) is 2.78. The molecule has 0 aliphatic carbocycles. The van der Waals surface area contributed by atoms with Crippen LogP contribution in [0.1, 0.15) is 32.9 Å². The molecule has 1 aromatic carbocycles. The Hall–Kier alpha value is -2.63. The maximum atomic E-state index is 11.1. The molecule has 0 fully saturated rings. The second kappa shape index (κ2) is 9.75. The number of aromatic nitrogens is 1. The van der Waals surface area contributed by atoms with E-state index in [1.807, 2.05) is 32.9 Å². The van der Waals surface area contributed by atoms with Gasteiger partial charge in [0, 0.05) is 6.08 Å². The van der Waals surface area contributed by atoms with Gasteiger partial charge < -0.3 is 23.9 Å². The Morgan fingerprint density at radius 2 is 1.77 bits per heavy atom. The molecule has 2 aromatic rings. The molecule has 1 N–H and O–H groups in total. The van der Waals surface area contributed by atoms with Crippen molar-refractivity contribution in [2.24, 2.45) is 0 Å². The normalized spacial score (nSPS) is 10.6. The predicted octanol–water partition coefficient (Wildman–Crippen LogP) is 4.03. The van der Waals surface area contributed by atoms with Gasteiger partial charge in [0.2, 0.25) is 0 Å². The van der Waals surface area contributed by atoms with Crippen LogP contribution in [0.4, 0.5) is 0 Å². The summed E-state index contributed by atoms with van der Waals surface area (Å²) in [6.45, 7) is 11.2. The second-order valence-electron chi connectivity index (χ2n) is 5.52. The maximum Gasteiger partial charge on any atom is 0.330 e. The Kier molecular flexibility index (Phi) is 7.38. The summed E-state index contributed by atoms with van der Waals surface area (Å²) in [6, 6.07) is 3.87. The molecule has 0 unspecified atom stereocenters. The summed E-state index contributed by atoms with van der Waals surface area (Å²) in [7, 11) is 0. The highest BCUT2D eigenvalue weighted by Gasteiger charge is 2.20. The molecule has 2 rings (SSSR count). The number of carbonyl (C=O) groups is 1. The molecule has 6 heteroatoms. The summed E-state index contributed by atoms with van der Waals surface area (Å²) in [6.07, 6.45) is 2.52. The third-order valence-electron chi connectivity index (χ3n) is 3.77. The molecular formula is C20H27NO5. The van der Waals surface area contributed by atoms with Crippen LogP contribution >= 0.6 is 0 Å². The standard InChI is InChI=1S/C20H27NO5/c1-5-17(22)26-13-9-10-15-19(24-7-3)18-14(21-15)11-12-16(23-6-2)20(18)25-8-4/h5,11-12,21H,1,6-10,13H2,2-4H3. The van der Waals surface area contributed by atoms with Crippen molar-refractivity contribution in [2.45, 2.75) is 33.6 Å². The largest absolute Gasteiger partial charge is 0.491 e. The van der Waals surface area contributed by atoms with E-state index in [0.717, 1.165) is 28.4 Å². The SMILES string of the molecule is C=CC(=O)OCCCc1[nH]c2ccc(OCC)c(OCC)c2c1OCC. The van der Waals surface area contributed by atoms with Crippen molar-refractivity contribution in [1.29, 1.82) is 0 Å². The van der Waals surface area contributed by atoms with Crippen LogP contribution in [0.2, 0.25) is 0 Å². The molecule has 0 bridgehead atoms. The van der Waals surface area contributed by atoms with Crippen LogP contribution < -0.4 is 14.2 Å². The van der Waals surface area contributed by atoms with E-state index in [1.54, 1.807) is 0 Å². The summed E-state index contributed by atoms with van der Waals surface area (Å²) in [5.74, 6) is 1.75. The molecule has 0 saturated carbocycles. The van der Waals surface area contributed by atoms with Crippen molar-refractivity contribution in [3.63, 3.8) is 0 Å². The van der Waals surface area contributed by atoms with Gasteiger partial charge in [-0.2, -0.15) is 0 Å². The third kappa shape index (κ3) is 4.50. The number of H-pyrrole nitrogens is 1. The number of benzene rings is 1. The van der Waals surface area contributed by atoms with Crippen molar-refractivity contribution in [1.82, 2.24) is 4.98 Å². The van der Waals surface area contributed by atoms with Crippen LogP contribution in [0, 0.1) is 0 Å². The van der Waals surface area contributed by atoms with Gasteiger partial charge in [-0.15, -0.1) is 0 Å².